The van der Waals surface area contributed by atoms with E-state index < -0.39 is 0 Å². The summed E-state index contributed by atoms with van der Waals surface area (Å²) in [5, 5.41) is 0.871. The summed E-state index contributed by atoms with van der Waals surface area (Å²) in [6, 6.07) is 22.6. The van der Waals surface area contributed by atoms with E-state index in [1.165, 1.54) is 0 Å². The minimum atomic E-state index is -0.382. The predicted octanol–water partition coefficient (Wildman–Crippen LogP) is 9.05. The molecule has 3 aromatic carbocycles. The van der Waals surface area contributed by atoms with E-state index in [-0.39, 0.29) is 12.2 Å². The van der Waals surface area contributed by atoms with Gasteiger partial charge in [-0.25, -0.2) is 4.79 Å². The van der Waals surface area contributed by atoms with Crippen LogP contribution in [0, 0.1) is 0 Å². The molecule has 0 atom stereocenters. The predicted molar refractivity (Wildman–Crippen MR) is 161 cm³/mol. The molecule has 1 heterocycles. The van der Waals surface area contributed by atoms with E-state index in [1.807, 2.05) is 147 Å². The minimum Gasteiger partial charge on any atom is -0.489 e. The Morgan fingerprint density at radius 2 is 1.40 bits per heavy atom. The molecule has 0 saturated carbocycles. The van der Waals surface area contributed by atoms with Crippen LogP contribution in [0.25, 0.3) is 23.1 Å². The Kier molecular flexibility index (Phi) is 12.7. The second-order valence-electron chi connectivity index (χ2n) is 6.65. The molecule has 0 unspecified atom stereocenters. The summed E-state index contributed by atoms with van der Waals surface area (Å²) in [7, 11) is 0. The van der Waals surface area contributed by atoms with Crippen LogP contribution in [-0.4, -0.2) is 0 Å². The molecule has 0 amide bonds. The molecule has 0 aliphatic rings. The van der Waals surface area contributed by atoms with Crippen molar-refractivity contribution in [1.82, 2.24) is 0 Å². The smallest absolute Gasteiger partial charge is 0.342 e. The number of hydrogen-bond acceptors (Lipinski definition) is 5. The fraction of sp³-hybridized carbons (Fsp3) is 0.179. The molecular formula is C28H28I2O5. The molecule has 0 radical (unpaired) electrons. The Bertz CT molecular complexity index is 1280. The monoisotopic (exact) mass is 698 g/mol. The zero-order valence-corrected chi connectivity index (χ0v) is 24.4. The van der Waals surface area contributed by atoms with Gasteiger partial charge in [-0.2, -0.15) is 0 Å². The summed E-state index contributed by atoms with van der Waals surface area (Å²) < 4.78 is 21.7. The largest absolute Gasteiger partial charge is 0.489 e. The molecule has 0 bridgehead atoms. The number of para-hydroxylation sites is 1. The number of fused-ring (bicyclic) bond motifs is 1. The second-order valence-corrected chi connectivity index (χ2v) is 7.53. The number of hydrogen-bond donors (Lipinski definition) is 0. The topological polar surface area (TPSA) is 57.9 Å². The highest BCUT2D eigenvalue weighted by atomic mass is 127. The average Bonchev–Trinajstić information content (AvgIpc) is 2.93. The van der Waals surface area contributed by atoms with Gasteiger partial charge in [0.05, 0.1) is 5.56 Å². The van der Waals surface area contributed by atoms with Crippen LogP contribution in [0.2, 0.25) is 0 Å². The molecular weight excluding hydrogens is 670 g/mol. The Morgan fingerprint density at radius 1 is 0.771 bits per heavy atom. The summed E-state index contributed by atoms with van der Waals surface area (Å²) in [6.07, 6.45) is 3.99. The van der Waals surface area contributed by atoms with Crippen molar-refractivity contribution in [3.63, 3.8) is 0 Å². The first-order chi connectivity index (χ1) is 17.2. The van der Waals surface area contributed by atoms with Crippen LogP contribution in [0.1, 0.15) is 44.4 Å². The lowest BCUT2D eigenvalue weighted by atomic mass is 10.1. The molecule has 0 fully saturated rings. The number of rotatable bonds is 7. The first-order valence-corrected chi connectivity index (χ1v) is 13.1. The van der Waals surface area contributed by atoms with E-state index >= 15 is 0 Å². The maximum atomic E-state index is 12.1. The van der Waals surface area contributed by atoms with Crippen LogP contribution < -0.4 is 16.5 Å². The quantitative estimate of drug-likeness (QED) is 0.110. The summed E-state index contributed by atoms with van der Waals surface area (Å²) in [6.45, 7) is 8.15. The van der Waals surface area contributed by atoms with E-state index in [9.17, 15) is 4.79 Å². The highest BCUT2D eigenvalue weighted by molar-refractivity contribution is 14.1. The Hall–Kier alpha value is -2.53. The lowest BCUT2D eigenvalue weighted by Crippen LogP contribution is -2.10. The third-order valence-corrected chi connectivity index (χ3v) is 5.54. The van der Waals surface area contributed by atoms with Crippen LogP contribution in [-0.2, 0) is 6.61 Å². The second kappa shape index (κ2) is 15.5. The molecule has 184 valence electrons. The van der Waals surface area contributed by atoms with Gasteiger partial charge in [0.15, 0.2) is 57.5 Å². The fourth-order valence-corrected chi connectivity index (χ4v) is 3.69. The van der Waals surface area contributed by atoms with Gasteiger partial charge in [-0.1, -0.05) is 76.2 Å². The Morgan fingerprint density at radius 3 is 2.09 bits per heavy atom. The minimum absolute atomic E-state index is 0.145. The zero-order chi connectivity index (χ0) is 25.6. The number of benzene rings is 3. The van der Waals surface area contributed by atoms with Gasteiger partial charge in [-0.05, 0) is 47.5 Å². The number of ether oxygens (including phenoxy) is 1. The Balaban J connectivity index is 0.00000103. The lowest BCUT2D eigenvalue weighted by molar-refractivity contribution is 0.300. The molecule has 1 aromatic heterocycles. The third kappa shape index (κ3) is 8.28. The van der Waals surface area contributed by atoms with Crippen LogP contribution in [0.5, 0.6) is 17.2 Å². The molecule has 4 rings (SSSR count). The van der Waals surface area contributed by atoms with Gasteiger partial charge in [0.1, 0.15) is 17.9 Å². The fourth-order valence-electron chi connectivity index (χ4n) is 2.99. The molecule has 0 saturated heterocycles. The van der Waals surface area contributed by atoms with E-state index in [1.54, 1.807) is 12.1 Å². The first-order valence-electron chi connectivity index (χ1n) is 11.3. The Labute approximate surface area is 234 Å². The van der Waals surface area contributed by atoms with Crippen molar-refractivity contribution in [3.8, 4) is 17.2 Å². The first kappa shape index (κ1) is 28.7. The standard InChI is InChI=1S/C24H16I2O5.2C2H6/c25-30-22-12-9-17(13-23(22)31-26)6-5-16-7-10-20(11-8-16)28-15-19-14-18-3-1-2-4-21(18)29-24(19)27;2*1-2/h1-14H,15H2;2*1-2H3/b6-5+;;. The molecule has 0 aliphatic carbocycles. The van der Waals surface area contributed by atoms with Crippen LogP contribution in [0.4, 0.5) is 0 Å². The van der Waals surface area contributed by atoms with E-state index in [4.69, 9.17) is 15.3 Å². The molecule has 5 nitrogen and oxygen atoms in total. The summed E-state index contributed by atoms with van der Waals surface area (Å²) in [5.41, 5.74) is 2.68. The van der Waals surface area contributed by atoms with Gasteiger partial charge < -0.3 is 15.3 Å². The summed E-state index contributed by atoms with van der Waals surface area (Å²) >= 11 is 3.66. The van der Waals surface area contributed by atoms with Crippen molar-refractivity contribution in [2.45, 2.75) is 34.3 Å². The summed E-state index contributed by atoms with van der Waals surface area (Å²) in [4.78, 5) is 12.1. The van der Waals surface area contributed by atoms with Gasteiger partial charge in [0.2, 0.25) is 0 Å². The van der Waals surface area contributed by atoms with E-state index in [0.717, 1.165) is 16.5 Å². The van der Waals surface area contributed by atoms with Crippen LogP contribution in [0.15, 0.2) is 82.0 Å². The zero-order valence-electron chi connectivity index (χ0n) is 20.1. The maximum Gasteiger partial charge on any atom is 0.342 e. The molecule has 7 heteroatoms. The number of halogens is 2. The van der Waals surface area contributed by atoms with E-state index in [0.29, 0.717) is 28.4 Å². The van der Waals surface area contributed by atoms with Crippen molar-refractivity contribution in [1.29, 1.82) is 0 Å². The average molecular weight is 698 g/mol. The molecule has 0 spiro atoms. The normalized spacial score (nSPS) is 10.1. The van der Waals surface area contributed by atoms with Gasteiger partial charge in [-0.15, -0.1) is 0 Å². The van der Waals surface area contributed by atoms with Gasteiger partial charge in [0.25, 0.3) is 0 Å². The third-order valence-electron chi connectivity index (χ3n) is 4.59. The van der Waals surface area contributed by atoms with Crippen LogP contribution >= 0.6 is 46.0 Å². The van der Waals surface area contributed by atoms with Crippen molar-refractivity contribution in [2.75, 3.05) is 0 Å². The maximum absolute atomic E-state index is 12.1. The molecule has 0 aliphatic heterocycles. The lowest BCUT2D eigenvalue weighted by Gasteiger charge is -2.07. The van der Waals surface area contributed by atoms with E-state index in [2.05, 4.69) is 0 Å². The van der Waals surface area contributed by atoms with Gasteiger partial charge in [0, 0.05) is 5.39 Å². The highest BCUT2D eigenvalue weighted by Crippen LogP contribution is 2.31. The highest BCUT2D eigenvalue weighted by Gasteiger charge is 2.07. The summed E-state index contributed by atoms with van der Waals surface area (Å²) in [5.74, 6) is 2.02. The van der Waals surface area contributed by atoms with Gasteiger partial charge >= 0.3 is 5.63 Å². The molecule has 4 aromatic rings. The van der Waals surface area contributed by atoms with Crippen molar-refractivity contribution >= 4 is 69.1 Å². The molecule has 0 N–H and O–H groups in total. The van der Waals surface area contributed by atoms with Crippen molar-refractivity contribution in [2.24, 2.45) is 0 Å². The van der Waals surface area contributed by atoms with Gasteiger partial charge in [-0.3, -0.25) is 0 Å². The SMILES string of the molecule is CC.CC.O=c1oc2ccccc2cc1COc1ccc(/C=C/c2ccc(OI)c(OI)c2)cc1. The van der Waals surface area contributed by atoms with Crippen molar-refractivity contribution < 1.29 is 15.3 Å². The van der Waals surface area contributed by atoms with Crippen molar-refractivity contribution in [3.05, 3.63) is 99.9 Å². The molecule has 35 heavy (non-hydrogen) atoms. The van der Waals surface area contributed by atoms with Crippen LogP contribution in [0.3, 0.4) is 0 Å².